The lowest BCUT2D eigenvalue weighted by atomic mass is 10.1. The number of halogens is 1. The highest BCUT2D eigenvalue weighted by molar-refractivity contribution is 6.30. The van der Waals surface area contributed by atoms with Crippen molar-refractivity contribution in [3.05, 3.63) is 40.9 Å². The number of benzene rings is 1. The fourth-order valence-corrected chi connectivity index (χ4v) is 3.21. The second-order valence-electron chi connectivity index (χ2n) is 6.12. The molecule has 1 aromatic carbocycles. The summed E-state index contributed by atoms with van der Waals surface area (Å²) in [5, 5.41) is 0.730. The van der Waals surface area contributed by atoms with Crippen molar-refractivity contribution in [2.24, 2.45) is 0 Å². The first-order chi connectivity index (χ1) is 11.1. The molecule has 0 saturated carbocycles. The van der Waals surface area contributed by atoms with Crippen molar-refractivity contribution in [2.45, 2.75) is 26.8 Å². The average Bonchev–Trinajstić information content (AvgIpc) is 2.97. The van der Waals surface area contributed by atoms with Crippen LogP contribution in [0.25, 0.3) is 11.3 Å². The molecule has 1 unspecified atom stereocenters. The van der Waals surface area contributed by atoms with Crippen molar-refractivity contribution >= 4 is 11.6 Å². The Morgan fingerprint density at radius 2 is 1.83 bits per heavy atom. The number of aryl methyl sites for hydroxylation is 1. The Morgan fingerprint density at radius 3 is 2.43 bits per heavy atom. The van der Waals surface area contributed by atoms with Crippen molar-refractivity contribution < 1.29 is 4.42 Å². The number of nitrogens with zero attached hydrogens (tertiary/aromatic N) is 3. The van der Waals surface area contributed by atoms with Crippen molar-refractivity contribution in [1.29, 1.82) is 0 Å². The third-order valence-electron chi connectivity index (χ3n) is 4.68. The Hall–Kier alpha value is -1.36. The van der Waals surface area contributed by atoms with Gasteiger partial charge in [-0.15, -0.1) is 0 Å². The highest BCUT2D eigenvalue weighted by Crippen LogP contribution is 2.30. The van der Waals surface area contributed by atoms with Crippen molar-refractivity contribution in [3.8, 4) is 11.3 Å². The maximum absolute atomic E-state index is 6.10. The van der Waals surface area contributed by atoms with Gasteiger partial charge in [-0.3, -0.25) is 4.90 Å². The van der Waals surface area contributed by atoms with E-state index in [1.165, 1.54) is 0 Å². The van der Waals surface area contributed by atoms with E-state index in [1.54, 1.807) is 0 Å². The van der Waals surface area contributed by atoms with Crippen molar-refractivity contribution in [2.75, 3.05) is 32.7 Å². The van der Waals surface area contributed by atoms with Crippen LogP contribution in [-0.2, 0) is 0 Å². The predicted molar refractivity (Wildman–Crippen MR) is 93.8 cm³/mol. The highest BCUT2D eigenvalue weighted by Gasteiger charge is 2.25. The smallest absolute Gasteiger partial charge is 0.212 e. The van der Waals surface area contributed by atoms with Gasteiger partial charge in [0.25, 0.3) is 0 Å². The van der Waals surface area contributed by atoms with Crippen LogP contribution in [0.5, 0.6) is 0 Å². The first-order valence-electron chi connectivity index (χ1n) is 8.28. The van der Waals surface area contributed by atoms with Gasteiger partial charge in [0.1, 0.15) is 0 Å². The standard InChI is InChI=1S/C18H24ClN3O/c1-4-21-9-11-22(12-10-21)14(3)18-20-13(2)17(23-18)15-5-7-16(19)8-6-15/h5-8,14H,4,9-12H2,1-3H3. The number of hydrogen-bond donors (Lipinski definition) is 0. The van der Waals surface area contributed by atoms with Gasteiger partial charge in [0.05, 0.1) is 11.7 Å². The summed E-state index contributed by atoms with van der Waals surface area (Å²) in [7, 11) is 0. The zero-order valence-corrected chi connectivity index (χ0v) is 14.8. The molecule has 124 valence electrons. The second kappa shape index (κ2) is 7.04. The van der Waals surface area contributed by atoms with Gasteiger partial charge in [0, 0.05) is 36.8 Å². The van der Waals surface area contributed by atoms with Crippen LogP contribution in [0.3, 0.4) is 0 Å². The van der Waals surface area contributed by atoms with Crippen molar-refractivity contribution in [1.82, 2.24) is 14.8 Å². The number of oxazole rings is 1. The van der Waals surface area contributed by atoms with Crippen LogP contribution in [0.1, 0.15) is 31.5 Å². The average molecular weight is 334 g/mol. The molecule has 1 fully saturated rings. The van der Waals surface area contributed by atoms with E-state index in [9.17, 15) is 0 Å². The largest absolute Gasteiger partial charge is 0.439 e. The molecule has 0 N–H and O–H groups in total. The predicted octanol–water partition coefficient (Wildman–Crippen LogP) is 4.00. The van der Waals surface area contributed by atoms with Gasteiger partial charge < -0.3 is 9.32 Å². The minimum absolute atomic E-state index is 0.203. The molecule has 1 atom stereocenters. The van der Waals surface area contributed by atoms with Gasteiger partial charge >= 0.3 is 0 Å². The van der Waals surface area contributed by atoms with E-state index in [4.69, 9.17) is 16.0 Å². The second-order valence-corrected chi connectivity index (χ2v) is 6.56. The maximum Gasteiger partial charge on any atom is 0.212 e. The first kappa shape index (κ1) is 16.5. The number of piperazine rings is 1. The van der Waals surface area contributed by atoms with E-state index in [2.05, 4.69) is 28.6 Å². The molecule has 1 aliphatic rings. The van der Waals surface area contributed by atoms with Crippen molar-refractivity contribution in [3.63, 3.8) is 0 Å². The summed E-state index contributed by atoms with van der Waals surface area (Å²) < 4.78 is 6.10. The zero-order chi connectivity index (χ0) is 16.4. The Bertz CT molecular complexity index is 645. The first-order valence-corrected chi connectivity index (χ1v) is 8.66. The third kappa shape index (κ3) is 3.60. The van der Waals surface area contributed by atoms with Gasteiger partial charge in [0.15, 0.2) is 5.76 Å². The lowest BCUT2D eigenvalue weighted by Gasteiger charge is -2.36. The molecule has 0 amide bonds. The van der Waals surface area contributed by atoms with E-state index >= 15 is 0 Å². The molecule has 1 aliphatic heterocycles. The molecule has 0 bridgehead atoms. The van der Waals surface area contributed by atoms with Gasteiger partial charge in [-0.05, 0) is 44.7 Å². The summed E-state index contributed by atoms with van der Waals surface area (Å²) >= 11 is 5.96. The van der Waals surface area contributed by atoms with E-state index in [-0.39, 0.29) is 6.04 Å². The Labute approximate surface area is 143 Å². The molecule has 0 spiro atoms. The van der Waals surface area contributed by atoms with E-state index < -0.39 is 0 Å². The lowest BCUT2D eigenvalue weighted by Crippen LogP contribution is -2.46. The molecule has 3 rings (SSSR count). The number of likely N-dealkylation sites (N-methyl/N-ethyl adjacent to an activating group) is 1. The molecule has 2 aromatic rings. The Balaban J connectivity index is 1.76. The van der Waals surface area contributed by atoms with E-state index in [0.29, 0.717) is 0 Å². The van der Waals surface area contributed by atoms with Crippen LogP contribution in [0.2, 0.25) is 5.02 Å². The summed E-state index contributed by atoms with van der Waals surface area (Å²) in [6.07, 6.45) is 0. The third-order valence-corrected chi connectivity index (χ3v) is 4.93. The summed E-state index contributed by atoms with van der Waals surface area (Å²) in [4.78, 5) is 9.59. The Kier molecular flexibility index (Phi) is 5.05. The molecule has 4 nitrogen and oxygen atoms in total. The van der Waals surface area contributed by atoms with E-state index in [0.717, 1.165) is 60.7 Å². The number of hydrogen-bond acceptors (Lipinski definition) is 4. The molecular formula is C18H24ClN3O. The van der Waals surface area contributed by atoms with Crippen LogP contribution in [0.4, 0.5) is 0 Å². The van der Waals surface area contributed by atoms with Gasteiger partial charge in [-0.1, -0.05) is 18.5 Å². The molecule has 5 heteroatoms. The number of aromatic nitrogens is 1. The summed E-state index contributed by atoms with van der Waals surface area (Å²) in [5.74, 6) is 1.65. The van der Waals surface area contributed by atoms with Crippen LogP contribution in [-0.4, -0.2) is 47.5 Å². The van der Waals surface area contributed by atoms with Crippen LogP contribution >= 0.6 is 11.6 Å². The topological polar surface area (TPSA) is 32.5 Å². The SMILES string of the molecule is CCN1CCN(C(C)c2nc(C)c(-c3ccc(Cl)cc3)o2)CC1. The maximum atomic E-state index is 6.10. The molecule has 0 aliphatic carbocycles. The summed E-state index contributed by atoms with van der Waals surface area (Å²) in [6.45, 7) is 11.9. The molecular weight excluding hydrogens is 310 g/mol. The van der Waals surface area contributed by atoms with Gasteiger partial charge in [-0.2, -0.15) is 0 Å². The molecule has 1 aromatic heterocycles. The number of rotatable bonds is 4. The highest BCUT2D eigenvalue weighted by atomic mass is 35.5. The van der Waals surface area contributed by atoms with E-state index in [1.807, 2.05) is 31.2 Å². The lowest BCUT2D eigenvalue weighted by molar-refractivity contribution is 0.0949. The molecule has 1 saturated heterocycles. The van der Waals surface area contributed by atoms with Gasteiger partial charge in [-0.25, -0.2) is 4.98 Å². The quantitative estimate of drug-likeness (QED) is 0.846. The fraction of sp³-hybridized carbons (Fsp3) is 0.500. The Morgan fingerprint density at radius 1 is 1.17 bits per heavy atom. The molecule has 23 heavy (non-hydrogen) atoms. The molecule has 0 radical (unpaired) electrons. The van der Waals surface area contributed by atoms with Crippen LogP contribution < -0.4 is 0 Å². The van der Waals surface area contributed by atoms with Crippen LogP contribution in [0.15, 0.2) is 28.7 Å². The zero-order valence-electron chi connectivity index (χ0n) is 14.1. The normalized spacial score (nSPS) is 18.3. The fourth-order valence-electron chi connectivity index (χ4n) is 3.09. The monoisotopic (exact) mass is 333 g/mol. The minimum atomic E-state index is 0.203. The molecule has 2 heterocycles. The summed E-state index contributed by atoms with van der Waals surface area (Å²) in [5.41, 5.74) is 1.95. The summed E-state index contributed by atoms with van der Waals surface area (Å²) in [6, 6.07) is 7.92. The van der Waals surface area contributed by atoms with Crippen LogP contribution in [0, 0.1) is 6.92 Å². The minimum Gasteiger partial charge on any atom is -0.439 e. The van der Waals surface area contributed by atoms with Gasteiger partial charge in [0.2, 0.25) is 5.89 Å².